The van der Waals surface area contributed by atoms with Crippen LogP contribution in [-0.2, 0) is 12.8 Å². The molecule has 1 aromatic heterocycles. The predicted molar refractivity (Wildman–Crippen MR) is 113 cm³/mol. The maximum Gasteiger partial charge on any atom is 0.191 e. The topological polar surface area (TPSA) is 30.7 Å². The molecule has 3 nitrogen and oxygen atoms in total. The molecule has 0 unspecified atom stereocenters. The van der Waals surface area contributed by atoms with E-state index >= 15 is 0 Å². The van der Waals surface area contributed by atoms with Gasteiger partial charge in [-0.05, 0) is 29.2 Å². The third-order valence-electron chi connectivity index (χ3n) is 4.65. The van der Waals surface area contributed by atoms with Crippen molar-refractivity contribution < 1.29 is 0 Å². The third-order valence-corrected chi connectivity index (χ3v) is 5.74. The lowest BCUT2D eigenvalue weighted by Gasteiger charge is -2.07. The maximum absolute atomic E-state index is 4.41. The van der Waals surface area contributed by atoms with Crippen molar-refractivity contribution >= 4 is 11.8 Å². The van der Waals surface area contributed by atoms with Crippen molar-refractivity contribution in [2.75, 3.05) is 0 Å². The van der Waals surface area contributed by atoms with Gasteiger partial charge < -0.3 is 4.57 Å². The van der Waals surface area contributed by atoms with Crippen LogP contribution in [0.3, 0.4) is 0 Å². The molecular formula is C23H21N3S. The number of aryl methyl sites for hydroxylation is 1. The first-order valence-corrected chi connectivity index (χ1v) is 9.93. The van der Waals surface area contributed by atoms with Gasteiger partial charge in [0.15, 0.2) is 11.0 Å². The Balaban J connectivity index is 1.47. The highest BCUT2D eigenvalue weighted by Gasteiger charge is 2.12. The van der Waals surface area contributed by atoms with Gasteiger partial charge in [0.25, 0.3) is 0 Å². The average molecular weight is 372 g/mol. The van der Waals surface area contributed by atoms with E-state index in [1.165, 1.54) is 22.3 Å². The number of aromatic nitrogens is 3. The predicted octanol–water partition coefficient (Wildman–Crippen LogP) is 5.75. The van der Waals surface area contributed by atoms with E-state index in [-0.39, 0.29) is 0 Å². The maximum atomic E-state index is 4.41. The molecule has 0 bridgehead atoms. The van der Waals surface area contributed by atoms with Crippen molar-refractivity contribution in [1.29, 1.82) is 0 Å². The van der Waals surface area contributed by atoms with Gasteiger partial charge in [-0.15, -0.1) is 10.2 Å². The standard InChI is InChI=1S/C23H21N3S/c1-17-8-6-7-11-21(17)22-24-25-23(26(22)2)27-16-18-12-14-20(15-13-18)19-9-4-3-5-10-19/h3-15H,16H2,1-2H3. The highest BCUT2D eigenvalue weighted by molar-refractivity contribution is 7.98. The minimum absolute atomic E-state index is 0.870. The third kappa shape index (κ3) is 3.81. The summed E-state index contributed by atoms with van der Waals surface area (Å²) in [6, 6.07) is 27.5. The first-order valence-electron chi connectivity index (χ1n) is 8.95. The molecule has 134 valence electrons. The lowest BCUT2D eigenvalue weighted by atomic mass is 10.0. The van der Waals surface area contributed by atoms with Crippen molar-refractivity contribution in [1.82, 2.24) is 14.8 Å². The van der Waals surface area contributed by atoms with Crippen molar-refractivity contribution in [2.45, 2.75) is 17.8 Å². The first-order chi connectivity index (χ1) is 13.2. The van der Waals surface area contributed by atoms with Crippen molar-refractivity contribution in [3.05, 3.63) is 90.0 Å². The van der Waals surface area contributed by atoms with Crippen LogP contribution < -0.4 is 0 Å². The largest absolute Gasteiger partial charge is 0.305 e. The van der Waals surface area contributed by atoms with Gasteiger partial charge in [-0.2, -0.15) is 0 Å². The van der Waals surface area contributed by atoms with E-state index in [2.05, 4.69) is 82.4 Å². The monoisotopic (exact) mass is 371 g/mol. The summed E-state index contributed by atoms with van der Waals surface area (Å²) in [6.45, 7) is 2.10. The van der Waals surface area contributed by atoms with E-state index in [1.807, 2.05) is 25.2 Å². The second-order valence-corrected chi connectivity index (χ2v) is 7.47. The van der Waals surface area contributed by atoms with Crippen LogP contribution in [0.2, 0.25) is 0 Å². The molecule has 1 heterocycles. The van der Waals surface area contributed by atoms with Crippen LogP contribution in [0.1, 0.15) is 11.1 Å². The lowest BCUT2D eigenvalue weighted by Crippen LogP contribution is -1.96. The van der Waals surface area contributed by atoms with Crippen molar-refractivity contribution in [3.63, 3.8) is 0 Å². The fraction of sp³-hybridized carbons (Fsp3) is 0.130. The molecule has 0 aliphatic carbocycles. The van der Waals surface area contributed by atoms with E-state index in [0.717, 1.165) is 22.3 Å². The molecule has 0 amide bonds. The second kappa shape index (κ2) is 7.80. The van der Waals surface area contributed by atoms with Crippen LogP contribution in [0.4, 0.5) is 0 Å². The fourth-order valence-electron chi connectivity index (χ4n) is 3.07. The second-order valence-electron chi connectivity index (χ2n) is 6.53. The number of thioether (sulfide) groups is 1. The summed E-state index contributed by atoms with van der Waals surface area (Å²) in [5, 5.41) is 9.73. The molecule has 0 saturated carbocycles. The molecule has 27 heavy (non-hydrogen) atoms. The van der Waals surface area contributed by atoms with Crippen LogP contribution in [0, 0.1) is 6.92 Å². The Morgan fingerprint density at radius 2 is 1.44 bits per heavy atom. The Morgan fingerprint density at radius 3 is 2.19 bits per heavy atom. The molecule has 0 fully saturated rings. The van der Waals surface area contributed by atoms with Crippen molar-refractivity contribution in [3.8, 4) is 22.5 Å². The zero-order valence-corrected chi connectivity index (χ0v) is 16.3. The molecule has 0 aliphatic heterocycles. The minimum atomic E-state index is 0.870. The van der Waals surface area contributed by atoms with E-state index in [1.54, 1.807) is 11.8 Å². The molecule has 0 saturated heterocycles. The Kier molecular flexibility index (Phi) is 5.07. The van der Waals surface area contributed by atoms with Gasteiger partial charge >= 0.3 is 0 Å². The highest BCUT2D eigenvalue weighted by Crippen LogP contribution is 2.27. The molecule has 0 N–H and O–H groups in total. The number of hydrogen-bond acceptors (Lipinski definition) is 3. The molecule has 0 aliphatic rings. The van der Waals surface area contributed by atoms with Crippen LogP contribution in [0.5, 0.6) is 0 Å². The van der Waals surface area contributed by atoms with Crippen molar-refractivity contribution in [2.24, 2.45) is 7.05 Å². The lowest BCUT2D eigenvalue weighted by molar-refractivity contribution is 0.793. The zero-order chi connectivity index (χ0) is 18.6. The summed E-state index contributed by atoms with van der Waals surface area (Å²) in [5.41, 5.74) is 6.10. The molecule has 3 aromatic carbocycles. The Hall–Kier alpha value is -2.85. The first kappa shape index (κ1) is 17.6. The number of benzene rings is 3. The molecule has 4 heteroatoms. The summed E-state index contributed by atoms with van der Waals surface area (Å²) in [7, 11) is 2.03. The van der Waals surface area contributed by atoms with Gasteiger partial charge in [0, 0.05) is 18.4 Å². The van der Waals surface area contributed by atoms with Crippen LogP contribution in [0.25, 0.3) is 22.5 Å². The van der Waals surface area contributed by atoms with Gasteiger partial charge in [0.2, 0.25) is 0 Å². The van der Waals surface area contributed by atoms with Gasteiger partial charge in [0.05, 0.1) is 0 Å². The SMILES string of the molecule is Cc1ccccc1-c1nnc(SCc2ccc(-c3ccccc3)cc2)n1C. The molecule has 0 radical (unpaired) electrons. The summed E-state index contributed by atoms with van der Waals surface area (Å²) < 4.78 is 2.07. The van der Waals surface area contributed by atoms with Gasteiger partial charge in [-0.25, -0.2) is 0 Å². The molecule has 4 rings (SSSR count). The summed E-state index contributed by atoms with van der Waals surface area (Å²) in [4.78, 5) is 0. The molecular weight excluding hydrogens is 350 g/mol. The zero-order valence-electron chi connectivity index (χ0n) is 15.5. The quantitative estimate of drug-likeness (QED) is 0.419. The normalized spacial score (nSPS) is 10.9. The van der Waals surface area contributed by atoms with Crippen LogP contribution >= 0.6 is 11.8 Å². The van der Waals surface area contributed by atoms with Gasteiger partial charge in [0.1, 0.15) is 0 Å². The summed E-state index contributed by atoms with van der Waals surface area (Å²) in [5.74, 6) is 1.78. The minimum Gasteiger partial charge on any atom is -0.305 e. The van der Waals surface area contributed by atoms with E-state index < -0.39 is 0 Å². The Morgan fingerprint density at radius 1 is 0.778 bits per heavy atom. The van der Waals surface area contributed by atoms with Gasteiger partial charge in [-0.3, -0.25) is 0 Å². The molecule has 0 atom stereocenters. The Bertz CT molecular complexity index is 1040. The number of nitrogens with zero attached hydrogens (tertiary/aromatic N) is 3. The van der Waals surface area contributed by atoms with Gasteiger partial charge in [-0.1, -0.05) is 90.6 Å². The van der Waals surface area contributed by atoms with E-state index in [0.29, 0.717) is 0 Å². The average Bonchev–Trinajstić information content (AvgIpc) is 3.08. The number of hydrogen-bond donors (Lipinski definition) is 0. The van der Waals surface area contributed by atoms with Crippen LogP contribution in [-0.4, -0.2) is 14.8 Å². The van der Waals surface area contributed by atoms with E-state index in [4.69, 9.17) is 0 Å². The Labute approximate surface area is 164 Å². The fourth-order valence-corrected chi connectivity index (χ4v) is 3.94. The molecule has 4 aromatic rings. The van der Waals surface area contributed by atoms with E-state index in [9.17, 15) is 0 Å². The highest BCUT2D eigenvalue weighted by atomic mass is 32.2. The summed E-state index contributed by atoms with van der Waals surface area (Å²) >= 11 is 1.71. The molecule has 0 spiro atoms. The van der Waals surface area contributed by atoms with Crippen LogP contribution in [0.15, 0.2) is 84.0 Å². The smallest absolute Gasteiger partial charge is 0.191 e. The number of rotatable bonds is 5. The summed E-state index contributed by atoms with van der Waals surface area (Å²) in [6.07, 6.45) is 0.